The quantitative estimate of drug-likeness (QED) is 0.590. The lowest BCUT2D eigenvalue weighted by atomic mass is 10.0. The number of nitrogens with one attached hydrogen (secondary N) is 1. The molecule has 3 aromatic rings. The van der Waals surface area contributed by atoms with Crippen LogP contribution in [-0.2, 0) is 10.0 Å². The first kappa shape index (κ1) is 21.7. The zero-order valence-electron chi connectivity index (χ0n) is 17.3. The maximum Gasteiger partial charge on any atom is 0.271 e. The van der Waals surface area contributed by atoms with Crippen molar-refractivity contribution in [3.63, 3.8) is 0 Å². The zero-order chi connectivity index (χ0) is 22.2. The Morgan fingerprint density at radius 2 is 1.68 bits per heavy atom. The van der Waals surface area contributed by atoms with Gasteiger partial charge in [0.05, 0.1) is 10.6 Å². The van der Waals surface area contributed by atoms with E-state index in [-0.39, 0.29) is 23.9 Å². The van der Waals surface area contributed by atoms with Gasteiger partial charge >= 0.3 is 0 Å². The molecule has 2 aromatic carbocycles. The molecular formula is C22H23BrN4O3S. The third kappa shape index (κ3) is 4.44. The molecular weight excluding hydrogens is 480 g/mol. The average Bonchev–Trinajstić information content (AvgIpc) is 3.23. The van der Waals surface area contributed by atoms with Gasteiger partial charge in [-0.05, 0) is 49.7 Å². The van der Waals surface area contributed by atoms with Gasteiger partial charge in [-0.15, -0.1) is 0 Å². The first-order valence-electron chi connectivity index (χ1n) is 9.94. The molecule has 1 saturated heterocycles. The summed E-state index contributed by atoms with van der Waals surface area (Å²) in [4.78, 5) is 14.8. The van der Waals surface area contributed by atoms with E-state index in [1.807, 2.05) is 26.0 Å². The lowest BCUT2D eigenvalue weighted by Crippen LogP contribution is -2.50. The summed E-state index contributed by atoms with van der Waals surface area (Å²) in [6.45, 7) is 5.21. The molecule has 1 fully saturated rings. The van der Waals surface area contributed by atoms with Crippen LogP contribution in [0.2, 0.25) is 0 Å². The van der Waals surface area contributed by atoms with Crippen LogP contribution >= 0.6 is 15.9 Å². The van der Waals surface area contributed by atoms with Crippen molar-refractivity contribution in [2.75, 3.05) is 26.2 Å². The summed E-state index contributed by atoms with van der Waals surface area (Å²) in [7, 11) is -3.58. The maximum absolute atomic E-state index is 12.9. The van der Waals surface area contributed by atoms with E-state index in [2.05, 4.69) is 32.2 Å². The number of sulfonamides is 1. The number of hydrogen-bond acceptors (Lipinski definition) is 4. The summed E-state index contributed by atoms with van der Waals surface area (Å²) < 4.78 is 27.9. The van der Waals surface area contributed by atoms with Crippen molar-refractivity contribution < 1.29 is 13.2 Å². The maximum atomic E-state index is 12.9. The monoisotopic (exact) mass is 502 g/mol. The van der Waals surface area contributed by atoms with E-state index in [0.717, 1.165) is 21.3 Å². The van der Waals surface area contributed by atoms with Crippen LogP contribution in [-0.4, -0.2) is 59.9 Å². The number of nitrogens with zero attached hydrogens (tertiary/aromatic N) is 3. The highest BCUT2D eigenvalue weighted by molar-refractivity contribution is 9.10. The van der Waals surface area contributed by atoms with Crippen molar-refractivity contribution in [2.24, 2.45) is 0 Å². The van der Waals surface area contributed by atoms with Crippen molar-refractivity contribution in [3.8, 4) is 11.3 Å². The Bertz CT molecular complexity index is 1210. The summed E-state index contributed by atoms with van der Waals surface area (Å²) in [5.41, 5.74) is 4.36. The molecule has 1 aliphatic rings. The minimum absolute atomic E-state index is 0.177. The van der Waals surface area contributed by atoms with Gasteiger partial charge in [0.1, 0.15) is 5.69 Å². The largest absolute Gasteiger partial charge is 0.335 e. The standard InChI is InChI=1S/C22H23BrN4O3S/c1-15-3-8-19(16(2)13-15)20-14-21(25-24-20)22(28)26-9-11-27(12-10-26)31(29,30)18-6-4-17(23)5-7-18/h3-8,13-14H,9-12H2,1-2H3,(H,24,25). The second kappa shape index (κ2) is 8.57. The molecule has 9 heteroatoms. The van der Waals surface area contributed by atoms with E-state index in [1.165, 1.54) is 9.87 Å². The topological polar surface area (TPSA) is 86.4 Å². The van der Waals surface area contributed by atoms with Crippen LogP contribution < -0.4 is 0 Å². The highest BCUT2D eigenvalue weighted by Gasteiger charge is 2.31. The predicted molar refractivity (Wildman–Crippen MR) is 122 cm³/mol. The van der Waals surface area contributed by atoms with Crippen molar-refractivity contribution in [1.82, 2.24) is 19.4 Å². The van der Waals surface area contributed by atoms with E-state index in [4.69, 9.17) is 0 Å². The molecule has 162 valence electrons. The molecule has 2 heterocycles. The smallest absolute Gasteiger partial charge is 0.271 e. The third-order valence-corrected chi connectivity index (χ3v) is 7.88. The Hall–Kier alpha value is -2.49. The van der Waals surface area contributed by atoms with Gasteiger partial charge in [0.15, 0.2) is 0 Å². The number of rotatable bonds is 4. The molecule has 0 atom stereocenters. The lowest BCUT2D eigenvalue weighted by molar-refractivity contribution is 0.0692. The molecule has 0 spiro atoms. The fourth-order valence-electron chi connectivity index (χ4n) is 3.73. The summed E-state index contributed by atoms with van der Waals surface area (Å²) in [5, 5.41) is 7.15. The normalized spacial score (nSPS) is 15.3. The molecule has 4 rings (SSSR count). The van der Waals surface area contributed by atoms with Crippen LogP contribution in [0.4, 0.5) is 0 Å². The number of amides is 1. The average molecular weight is 503 g/mol. The molecule has 0 aliphatic carbocycles. The SMILES string of the molecule is Cc1ccc(-c2cc(C(=O)N3CCN(S(=O)(=O)c4ccc(Br)cc4)CC3)[nH]n2)c(C)c1. The van der Waals surface area contributed by atoms with E-state index in [9.17, 15) is 13.2 Å². The zero-order valence-corrected chi connectivity index (χ0v) is 19.7. The molecule has 0 bridgehead atoms. The van der Waals surface area contributed by atoms with E-state index in [0.29, 0.717) is 18.8 Å². The summed E-state index contributed by atoms with van der Waals surface area (Å²) in [6, 6.07) is 14.4. The van der Waals surface area contributed by atoms with Gasteiger partial charge in [-0.2, -0.15) is 9.40 Å². The van der Waals surface area contributed by atoms with Crippen LogP contribution in [0.1, 0.15) is 21.6 Å². The minimum atomic E-state index is -3.58. The molecule has 0 radical (unpaired) electrons. The number of carbonyl (C=O) groups excluding carboxylic acids is 1. The number of aromatic nitrogens is 2. The van der Waals surface area contributed by atoms with Gasteiger partial charge in [0.25, 0.3) is 5.91 Å². The molecule has 0 unspecified atom stereocenters. The summed E-state index contributed by atoms with van der Waals surface area (Å²) in [6.07, 6.45) is 0. The number of piperazine rings is 1. The Morgan fingerprint density at radius 1 is 1.00 bits per heavy atom. The molecule has 0 saturated carbocycles. The van der Waals surface area contributed by atoms with Crippen molar-refractivity contribution in [1.29, 1.82) is 0 Å². The van der Waals surface area contributed by atoms with Gasteiger partial charge in [0, 0.05) is 36.2 Å². The van der Waals surface area contributed by atoms with Crippen LogP contribution in [0.25, 0.3) is 11.3 Å². The van der Waals surface area contributed by atoms with Gasteiger partial charge in [-0.25, -0.2) is 8.42 Å². The van der Waals surface area contributed by atoms with Crippen LogP contribution in [0.5, 0.6) is 0 Å². The predicted octanol–water partition coefficient (Wildman–Crippen LogP) is 3.60. The van der Waals surface area contributed by atoms with Gasteiger partial charge in [-0.3, -0.25) is 9.89 Å². The second-order valence-corrected chi connectivity index (χ2v) is 10.5. The highest BCUT2D eigenvalue weighted by Crippen LogP contribution is 2.24. The first-order valence-corrected chi connectivity index (χ1v) is 12.2. The Kier molecular flexibility index (Phi) is 6.00. The minimum Gasteiger partial charge on any atom is -0.335 e. The third-order valence-electron chi connectivity index (χ3n) is 5.44. The second-order valence-electron chi connectivity index (χ2n) is 7.64. The van der Waals surface area contributed by atoms with E-state index in [1.54, 1.807) is 35.2 Å². The number of hydrogen-bond donors (Lipinski definition) is 1. The van der Waals surface area contributed by atoms with Crippen LogP contribution in [0.15, 0.2) is 57.9 Å². The molecule has 7 nitrogen and oxygen atoms in total. The number of H-pyrrole nitrogens is 1. The van der Waals surface area contributed by atoms with Gasteiger partial charge in [-0.1, -0.05) is 39.7 Å². The van der Waals surface area contributed by atoms with Crippen LogP contribution in [0, 0.1) is 13.8 Å². The molecule has 31 heavy (non-hydrogen) atoms. The Morgan fingerprint density at radius 3 is 2.32 bits per heavy atom. The van der Waals surface area contributed by atoms with Gasteiger partial charge < -0.3 is 4.90 Å². The molecule has 1 aromatic heterocycles. The summed E-state index contributed by atoms with van der Waals surface area (Å²) in [5.74, 6) is -0.177. The molecule has 1 aliphatic heterocycles. The van der Waals surface area contributed by atoms with E-state index < -0.39 is 10.0 Å². The molecule has 1 N–H and O–H groups in total. The summed E-state index contributed by atoms with van der Waals surface area (Å²) >= 11 is 3.32. The van der Waals surface area contributed by atoms with E-state index >= 15 is 0 Å². The van der Waals surface area contributed by atoms with Crippen molar-refractivity contribution in [3.05, 3.63) is 69.8 Å². The number of benzene rings is 2. The Balaban J connectivity index is 1.44. The fourth-order valence-corrected chi connectivity index (χ4v) is 5.41. The Labute approximate surface area is 190 Å². The fraction of sp³-hybridized carbons (Fsp3) is 0.273. The van der Waals surface area contributed by atoms with Crippen LogP contribution in [0.3, 0.4) is 0 Å². The molecule has 1 amide bonds. The highest BCUT2D eigenvalue weighted by atomic mass is 79.9. The number of carbonyl (C=O) groups is 1. The number of halogens is 1. The first-order chi connectivity index (χ1) is 14.8. The van der Waals surface area contributed by atoms with Crippen molar-refractivity contribution in [2.45, 2.75) is 18.7 Å². The number of aromatic amines is 1. The lowest BCUT2D eigenvalue weighted by Gasteiger charge is -2.33. The van der Waals surface area contributed by atoms with Crippen molar-refractivity contribution >= 4 is 31.9 Å². The van der Waals surface area contributed by atoms with Gasteiger partial charge in [0.2, 0.25) is 10.0 Å². The number of aryl methyl sites for hydroxylation is 2.